The zero-order valence-electron chi connectivity index (χ0n) is 16.5. The average Bonchev–Trinajstić information content (AvgIpc) is 2.63. The monoisotopic (exact) mass is 393 g/mol. The molecule has 2 aromatic carbocycles. The van der Waals surface area contributed by atoms with Gasteiger partial charge in [0.25, 0.3) is 0 Å². The van der Waals surface area contributed by atoms with Crippen LogP contribution in [-0.4, -0.2) is 35.8 Å². The number of rotatable bonds is 9. The second-order valence-electron chi connectivity index (χ2n) is 6.15. The Morgan fingerprint density at radius 1 is 0.926 bits per heavy atom. The molecular formula is C20H27NO5S. The molecule has 7 heteroatoms. The van der Waals surface area contributed by atoms with Gasteiger partial charge in [-0.2, -0.15) is 0 Å². The fourth-order valence-corrected chi connectivity index (χ4v) is 4.13. The molecular weight excluding hydrogens is 366 g/mol. The van der Waals surface area contributed by atoms with E-state index in [1.165, 1.54) is 0 Å². The van der Waals surface area contributed by atoms with Crippen LogP contribution in [0.1, 0.15) is 23.6 Å². The van der Waals surface area contributed by atoms with E-state index >= 15 is 0 Å². The third-order valence-electron chi connectivity index (χ3n) is 4.22. The molecule has 0 unspecified atom stereocenters. The molecule has 0 aliphatic carbocycles. The molecule has 0 saturated carbocycles. The molecule has 0 spiro atoms. The fourth-order valence-electron chi connectivity index (χ4n) is 2.86. The van der Waals surface area contributed by atoms with E-state index < -0.39 is 10.0 Å². The Morgan fingerprint density at radius 3 is 2.26 bits per heavy atom. The molecule has 2 aromatic rings. The maximum absolute atomic E-state index is 12.7. The van der Waals surface area contributed by atoms with Gasteiger partial charge in [-0.1, -0.05) is 12.1 Å². The summed E-state index contributed by atoms with van der Waals surface area (Å²) in [5.41, 5.74) is 2.55. The van der Waals surface area contributed by atoms with Crippen molar-refractivity contribution in [3.63, 3.8) is 0 Å². The summed E-state index contributed by atoms with van der Waals surface area (Å²) in [6.45, 7) is 6.31. The van der Waals surface area contributed by atoms with Crippen molar-refractivity contribution in [1.29, 1.82) is 0 Å². The van der Waals surface area contributed by atoms with Crippen molar-refractivity contribution in [2.45, 2.75) is 32.1 Å². The normalized spacial score (nSPS) is 11.3. The number of ether oxygens (including phenoxy) is 3. The number of benzene rings is 2. The first-order valence-corrected chi connectivity index (χ1v) is 10.2. The standard InChI is InChI=1S/C20H27NO5S/c1-6-26-18-13-20(15(3)11-14(18)2)27(22,23)21-10-9-16-7-8-17(24-4)19(12-16)25-5/h7-8,11-13,21H,6,9-10H2,1-5H3. The van der Waals surface area contributed by atoms with Crippen LogP contribution in [0, 0.1) is 13.8 Å². The van der Waals surface area contributed by atoms with E-state index in [1.807, 2.05) is 32.0 Å². The number of nitrogens with one attached hydrogen (secondary N) is 1. The van der Waals surface area contributed by atoms with Gasteiger partial charge < -0.3 is 14.2 Å². The molecule has 2 rings (SSSR count). The Hall–Kier alpha value is -2.25. The summed E-state index contributed by atoms with van der Waals surface area (Å²) in [6, 6.07) is 8.96. The minimum absolute atomic E-state index is 0.240. The Kier molecular flexibility index (Phi) is 7.10. The molecule has 0 aromatic heterocycles. The molecule has 0 bridgehead atoms. The molecule has 148 valence electrons. The van der Waals surface area contributed by atoms with Gasteiger partial charge in [-0.3, -0.25) is 0 Å². The SMILES string of the molecule is CCOc1cc(S(=O)(=O)NCCc2ccc(OC)c(OC)c2)c(C)cc1C. The Balaban J connectivity index is 2.12. The van der Waals surface area contributed by atoms with E-state index in [4.69, 9.17) is 14.2 Å². The Morgan fingerprint density at radius 2 is 1.63 bits per heavy atom. The van der Waals surface area contributed by atoms with Crippen molar-refractivity contribution in [3.05, 3.63) is 47.0 Å². The zero-order chi connectivity index (χ0) is 20.0. The van der Waals surface area contributed by atoms with Crippen LogP contribution in [0.3, 0.4) is 0 Å². The van der Waals surface area contributed by atoms with Crippen molar-refractivity contribution >= 4 is 10.0 Å². The highest BCUT2D eigenvalue weighted by Crippen LogP contribution is 2.28. The minimum Gasteiger partial charge on any atom is -0.494 e. The summed E-state index contributed by atoms with van der Waals surface area (Å²) in [5, 5.41) is 0. The van der Waals surface area contributed by atoms with Gasteiger partial charge in [0.2, 0.25) is 10.0 Å². The lowest BCUT2D eigenvalue weighted by Gasteiger charge is -2.14. The van der Waals surface area contributed by atoms with Crippen LogP contribution < -0.4 is 18.9 Å². The third-order valence-corrected chi connectivity index (χ3v) is 5.82. The predicted molar refractivity (Wildman–Crippen MR) is 106 cm³/mol. The minimum atomic E-state index is -3.63. The lowest BCUT2D eigenvalue weighted by atomic mass is 10.1. The van der Waals surface area contributed by atoms with Crippen molar-refractivity contribution in [2.24, 2.45) is 0 Å². The summed E-state index contributed by atoms with van der Waals surface area (Å²) < 4.78 is 44.1. The molecule has 6 nitrogen and oxygen atoms in total. The number of hydrogen-bond donors (Lipinski definition) is 1. The highest BCUT2D eigenvalue weighted by Gasteiger charge is 2.19. The van der Waals surface area contributed by atoms with E-state index in [1.54, 1.807) is 33.3 Å². The van der Waals surface area contributed by atoms with Gasteiger partial charge in [-0.05, 0) is 56.0 Å². The van der Waals surface area contributed by atoms with Crippen LogP contribution in [-0.2, 0) is 16.4 Å². The van der Waals surface area contributed by atoms with Crippen LogP contribution in [0.15, 0.2) is 35.2 Å². The van der Waals surface area contributed by atoms with Crippen LogP contribution >= 0.6 is 0 Å². The van der Waals surface area contributed by atoms with Crippen molar-refractivity contribution in [2.75, 3.05) is 27.4 Å². The van der Waals surface area contributed by atoms with Gasteiger partial charge in [-0.15, -0.1) is 0 Å². The highest BCUT2D eigenvalue weighted by molar-refractivity contribution is 7.89. The average molecular weight is 394 g/mol. The van der Waals surface area contributed by atoms with Crippen molar-refractivity contribution < 1.29 is 22.6 Å². The largest absolute Gasteiger partial charge is 0.494 e. The van der Waals surface area contributed by atoms with Gasteiger partial charge in [0, 0.05) is 12.6 Å². The maximum Gasteiger partial charge on any atom is 0.240 e. The summed E-state index contributed by atoms with van der Waals surface area (Å²) in [6.07, 6.45) is 0.531. The maximum atomic E-state index is 12.7. The molecule has 0 amide bonds. The lowest BCUT2D eigenvalue weighted by molar-refractivity contribution is 0.336. The van der Waals surface area contributed by atoms with E-state index in [-0.39, 0.29) is 11.4 Å². The molecule has 0 radical (unpaired) electrons. The quantitative estimate of drug-likeness (QED) is 0.708. The van der Waals surface area contributed by atoms with Crippen LogP contribution in [0.5, 0.6) is 17.2 Å². The molecule has 0 heterocycles. The molecule has 0 aliphatic heterocycles. The van der Waals surface area contributed by atoms with Gasteiger partial charge in [0.05, 0.1) is 25.7 Å². The molecule has 0 fully saturated rings. The molecule has 0 aliphatic rings. The second kappa shape index (κ2) is 9.10. The van der Waals surface area contributed by atoms with Crippen molar-refractivity contribution in [3.8, 4) is 17.2 Å². The summed E-state index contributed by atoms with van der Waals surface area (Å²) in [5.74, 6) is 1.84. The van der Waals surface area contributed by atoms with E-state index in [9.17, 15) is 8.42 Å². The topological polar surface area (TPSA) is 73.9 Å². The first kappa shape index (κ1) is 21.1. The van der Waals surface area contributed by atoms with Crippen molar-refractivity contribution in [1.82, 2.24) is 4.72 Å². The van der Waals surface area contributed by atoms with E-state index in [2.05, 4.69) is 4.72 Å². The number of hydrogen-bond acceptors (Lipinski definition) is 5. The van der Waals surface area contributed by atoms with Gasteiger partial charge in [0.1, 0.15) is 5.75 Å². The van der Waals surface area contributed by atoms with Crippen LogP contribution in [0.2, 0.25) is 0 Å². The second-order valence-corrected chi connectivity index (χ2v) is 7.89. The molecule has 27 heavy (non-hydrogen) atoms. The third kappa shape index (κ3) is 5.14. The van der Waals surface area contributed by atoms with Gasteiger partial charge in [0.15, 0.2) is 11.5 Å². The van der Waals surface area contributed by atoms with Gasteiger partial charge >= 0.3 is 0 Å². The first-order chi connectivity index (χ1) is 12.8. The van der Waals surface area contributed by atoms with Crippen LogP contribution in [0.25, 0.3) is 0 Å². The zero-order valence-corrected chi connectivity index (χ0v) is 17.3. The molecule has 1 N–H and O–H groups in total. The number of sulfonamides is 1. The van der Waals surface area contributed by atoms with Gasteiger partial charge in [-0.25, -0.2) is 13.1 Å². The Labute approximate surface area is 161 Å². The summed E-state index contributed by atoms with van der Waals surface area (Å²) >= 11 is 0. The fraction of sp³-hybridized carbons (Fsp3) is 0.400. The predicted octanol–water partition coefficient (Wildman–Crippen LogP) is 3.24. The number of methoxy groups -OCH3 is 2. The van der Waals surface area contributed by atoms with Crippen LogP contribution in [0.4, 0.5) is 0 Å². The molecule has 0 saturated heterocycles. The lowest BCUT2D eigenvalue weighted by Crippen LogP contribution is -2.26. The van der Waals surface area contributed by atoms with E-state index in [0.717, 1.165) is 11.1 Å². The first-order valence-electron chi connectivity index (χ1n) is 8.77. The Bertz CT molecular complexity index is 893. The smallest absolute Gasteiger partial charge is 0.240 e. The number of aryl methyl sites for hydroxylation is 2. The summed E-state index contributed by atoms with van der Waals surface area (Å²) in [4.78, 5) is 0.240. The summed E-state index contributed by atoms with van der Waals surface area (Å²) in [7, 11) is -0.488. The highest BCUT2D eigenvalue weighted by atomic mass is 32.2. The van der Waals surface area contributed by atoms with E-state index in [0.29, 0.717) is 35.8 Å². The molecule has 0 atom stereocenters.